The van der Waals surface area contributed by atoms with Crippen LogP contribution < -0.4 is 14.8 Å². The number of rotatable bonds is 5. The Labute approximate surface area is 162 Å². The topological polar surface area (TPSA) is 67.2 Å². The summed E-state index contributed by atoms with van der Waals surface area (Å²) in [5, 5.41) is 14.0. The van der Waals surface area contributed by atoms with Gasteiger partial charge in [-0.1, -0.05) is 11.6 Å². The number of halogens is 2. The first-order chi connectivity index (χ1) is 12.2. The molecule has 7 heteroatoms. The second-order valence-corrected chi connectivity index (χ2v) is 5.65. The van der Waals surface area contributed by atoms with E-state index in [4.69, 9.17) is 21.1 Å². The smallest absolute Gasteiger partial charge is 0.137 e. The van der Waals surface area contributed by atoms with Crippen molar-refractivity contribution in [3.63, 3.8) is 0 Å². The number of aromatic nitrogens is 1. The number of fused-ring (bicyclic) bond motifs is 1. The van der Waals surface area contributed by atoms with Crippen molar-refractivity contribution < 1.29 is 9.47 Å². The van der Waals surface area contributed by atoms with Crippen LogP contribution in [0.2, 0.25) is 5.02 Å². The first-order valence-corrected chi connectivity index (χ1v) is 8.10. The number of ether oxygens (including phenoxy) is 2. The maximum Gasteiger partial charge on any atom is 0.137 e. The highest BCUT2D eigenvalue weighted by Gasteiger charge is 2.11. The molecule has 3 aromatic rings. The van der Waals surface area contributed by atoms with Crippen molar-refractivity contribution in [2.24, 2.45) is 0 Å². The molecule has 0 aliphatic rings. The van der Waals surface area contributed by atoms with Gasteiger partial charge in [0.25, 0.3) is 0 Å². The molecule has 0 bridgehead atoms. The van der Waals surface area contributed by atoms with Gasteiger partial charge in [-0.25, -0.2) is 0 Å². The zero-order valence-electron chi connectivity index (χ0n) is 14.2. The quantitative estimate of drug-likeness (QED) is 0.638. The Balaban J connectivity index is 0.00000243. The van der Waals surface area contributed by atoms with Crippen LogP contribution in [0.25, 0.3) is 10.9 Å². The number of pyridine rings is 1. The lowest BCUT2D eigenvalue weighted by Gasteiger charge is -2.13. The molecule has 134 valence electrons. The Morgan fingerprint density at radius 2 is 2.04 bits per heavy atom. The molecule has 0 spiro atoms. The number of nitrogens with zero attached hydrogens (tertiary/aromatic N) is 2. The predicted molar refractivity (Wildman–Crippen MR) is 106 cm³/mol. The summed E-state index contributed by atoms with van der Waals surface area (Å²) in [7, 11) is 1.56. The van der Waals surface area contributed by atoms with Gasteiger partial charge in [0.05, 0.1) is 35.5 Å². The average Bonchev–Trinajstić information content (AvgIpc) is 2.62. The SMILES string of the molecule is CCOc1ccc2ncc(C#N)c(Nc3ccc(OC)c(Cl)c3)c2c1.Cl. The fraction of sp³-hybridized carbons (Fsp3) is 0.158. The van der Waals surface area contributed by atoms with E-state index >= 15 is 0 Å². The third-order valence-corrected chi connectivity index (χ3v) is 3.99. The molecule has 0 saturated heterocycles. The Bertz CT molecular complexity index is 971. The Morgan fingerprint density at radius 3 is 2.69 bits per heavy atom. The fourth-order valence-corrected chi connectivity index (χ4v) is 2.79. The number of nitrogens with one attached hydrogen (secondary N) is 1. The van der Waals surface area contributed by atoms with E-state index in [1.165, 1.54) is 0 Å². The van der Waals surface area contributed by atoms with Gasteiger partial charge in [0.1, 0.15) is 17.6 Å². The molecule has 0 radical (unpaired) electrons. The first kappa shape index (κ1) is 19.6. The van der Waals surface area contributed by atoms with Gasteiger partial charge in [-0.2, -0.15) is 5.26 Å². The van der Waals surface area contributed by atoms with E-state index < -0.39 is 0 Å². The van der Waals surface area contributed by atoms with E-state index in [2.05, 4.69) is 16.4 Å². The van der Waals surface area contributed by atoms with Gasteiger partial charge >= 0.3 is 0 Å². The molecule has 0 aliphatic heterocycles. The molecule has 26 heavy (non-hydrogen) atoms. The molecule has 0 amide bonds. The molecule has 0 atom stereocenters. The maximum atomic E-state index is 9.46. The Hall–Kier alpha value is -2.68. The van der Waals surface area contributed by atoms with Crippen LogP contribution in [0, 0.1) is 11.3 Å². The lowest BCUT2D eigenvalue weighted by atomic mass is 10.1. The molecule has 1 aromatic heterocycles. The van der Waals surface area contributed by atoms with Gasteiger partial charge in [0, 0.05) is 17.3 Å². The van der Waals surface area contributed by atoms with Gasteiger partial charge < -0.3 is 14.8 Å². The van der Waals surface area contributed by atoms with Crippen LogP contribution in [-0.4, -0.2) is 18.7 Å². The van der Waals surface area contributed by atoms with Crippen molar-refractivity contribution in [3.8, 4) is 17.6 Å². The van der Waals surface area contributed by atoms with Gasteiger partial charge in [-0.3, -0.25) is 4.98 Å². The molecule has 0 saturated carbocycles. The van der Waals surface area contributed by atoms with E-state index in [1.807, 2.05) is 31.2 Å². The van der Waals surface area contributed by atoms with Crippen LogP contribution in [0.15, 0.2) is 42.6 Å². The Kier molecular flexibility index (Phi) is 6.51. The van der Waals surface area contributed by atoms with E-state index in [0.717, 1.165) is 22.3 Å². The van der Waals surface area contributed by atoms with Crippen molar-refractivity contribution in [2.75, 3.05) is 19.0 Å². The van der Waals surface area contributed by atoms with E-state index in [-0.39, 0.29) is 12.4 Å². The second kappa shape index (κ2) is 8.61. The highest BCUT2D eigenvalue weighted by molar-refractivity contribution is 6.32. The van der Waals surface area contributed by atoms with Crippen LogP contribution in [0.1, 0.15) is 12.5 Å². The van der Waals surface area contributed by atoms with Crippen LogP contribution in [0.3, 0.4) is 0 Å². The number of hydrogen-bond donors (Lipinski definition) is 1. The van der Waals surface area contributed by atoms with Crippen LogP contribution in [0.5, 0.6) is 11.5 Å². The van der Waals surface area contributed by atoms with Crippen LogP contribution in [0.4, 0.5) is 11.4 Å². The largest absolute Gasteiger partial charge is 0.495 e. The summed E-state index contributed by atoms with van der Waals surface area (Å²) in [4.78, 5) is 4.34. The summed E-state index contributed by atoms with van der Waals surface area (Å²) in [6.45, 7) is 2.49. The first-order valence-electron chi connectivity index (χ1n) is 7.72. The Morgan fingerprint density at radius 1 is 1.23 bits per heavy atom. The van der Waals surface area contributed by atoms with Gasteiger partial charge in [-0.05, 0) is 43.3 Å². The fourth-order valence-electron chi connectivity index (χ4n) is 2.54. The maximum absolute atomic E-state index is 9.46. The average molecular weight is 390 g/mol. The predicted octanol–water partition coefficient (Wildman–Crippen LogP) is 5.33. The second-order valence-electron chi connectivity index (χ2n) is 5.24. The summed E-state index contributed by atoms with van der Waals surface area (Å²) >= 11 is 6.19. The zero-order chi connectivity index (χ0) is 17.8. The van der Waals surface area contributed by atoms with Crippen molar-refractivity contribution in [1.82, 2.24) is 4.98 Å². The molecular weight excluding hydrogens is 373 g/mol. The minimum Gasteiger partial charge on any atom is -0.495 e. The number of methoxy groups -OCH3 is 1. The summed E-state index contributed by atoms with van der Waals surface area (Å²) in [6.07, 6.45) is 1.55. The van der Waals surface area contributed by atoms with E-state index in [1.54, 1.807) is 25.4 Å². The minimum absolute atomic E-state index is 0. The molecule has 0 fully saturated rings. The van der Waals surface area contributed by atoms with Crippen molar-refractivity contribution in [1.29, 1.82) is 5.26 Å². The van der Waals surface area contributed by atoms with E-state index in [9.17, 15) is 5.26 Å². The van der Waals surface area contributed by atoms with Gasteiger partial charge in [-0.15, -0.1) is 12.4 Å². The summed E-state index contributed by atoms with van der Waals surface area (Å²) in [5.41, 5.74) is 2.62. The van der Waals surface area contributed by atoms with Crippen LogP contribution >= 0.6 is 24.0 Å². The van der Waals surface area contributed by atoms with Crippen LogP contribution in [-0.2, 0) is 0 Å². The molecule has 1 N–H and O–H groups in total. The number of anilines is 2. The third kappa shape index (κ3) is 3.93. The molecule has 2 aromatic carbocycles. The summed E-state index contributed by atoms with van der Waals surface area (Å²) in [5.74, 6) is 1.31. The number of benzene rings is 2. The van der Waals surface area contributed by atoms with Gasteiger partial charge in [0.15, 0.2) is 0 Å². The summed E-state index contributed by atoms with van der Waals surface area (Å²) < 4.78 is 10.7. The zero-order valence-corrected chi connectivity index (χ0v) is 15.8. The number of hydrogen-bond acceptors (Lipinski definition) is 5. The molecule has 5 nitrogen and oxygen atoms in total. The lowest BCUT2D eigenvalue weighted by molar-refractivity contribution is 0.340. The highest BCUT2D eigenvalue weighted by Crippen LogP contribution is 2.34. The minimum atomic E-state index is 0. The lowest BCUT2D eigenvalue weighted by Crippen LogP contribution is -1.98. The third-order valence-electron chi connectivity index (χ3n) is 3.69. The molecule has 1 heterocycles. The van der Waals surface area contributed by atoms with E-state index in [0.29, 0.717) is 28.6 Å². The molecule has 0 aliphatic carbocycles. The van der Waals surface area contributed by atoms with Crippen molar-refractivity contribution in [3.05, 3.63) is 53.2 Å². The van der Waals surface area contributed by atoms with Crippen molar-refractivity contribution >= 4 is 46.3 Å². The normalized spacial score (nSPS) is 9.92. The molecule has 0 unspecified atom stereocenters. The standard InChI is InChI=1S/C19H16ClN3O2.ClH/c1-3-25-14-5-6-17-15(9-14)19(12(10-21)11-22-17)23-13-4-7-18(24-2)16(20)8-13;/h4-9,11H,3H2,1-2H3,(H,22,23);1H. The molecule has 3 rings (SSSR count). The highest BCUT2D eigenvalue weighted by atomic mass is 35.5. The summed E-state index contributed by atoms with van der Waals surface area (Å²) in [6, 6.07) is 13.1. The molecular formula is C19H17Cl2N3O2. The van der Waals surface area contributed by atoms with Crippen molar-refractivity contribution in [2.45, 2.75) is 6.92 Å². The van der Waals surface area contributed by atoms with Gasteiger partial charge in [0.2, 0.25) is 0 Å². The number of nitriles is 1. The monoisotopic (exact) mass is 389 g/mol.